The lowest BCUT2D eigenvalue weighted by atomic mass is 9.97. The summed E-state index contributed by atoms with van der Waals surface area (Å²) in [5.74, 6) is -0.0531. The molecule has 0 aliphatic rings. The number of carbonyl (C=O) groups excluding carboxylic acids is 1. The highest BCUT2D eigenvalue weighted by Crippen LogP contribution is 2.37. The van der Waals surface area contributed by atoms with Crippen molar-refractivity contribution in [2.45, 2.75) is 12.8 Å². The summed E-state index contributed by atoms with van der Waals surface area (Å²) in [6.07, 6.45) is 6.05. The van der Waals surface area contributed by atoms with Crippen molar-refractivity contribution in [2.75, 3.05) is 0 Å². The number of hydrogen-bond acceptors (Lipinski definition) is 3. The standard InChI is InChI=1S/C21H20O3/c1-4-7-15-9-11-19(22)17(13-15)18-14-16(8-5-2)10-12-20(18)24-21(23)6-3/h4-6,9-14,22H,1-3,7-8H2. The van der Waals surface area contributed by atoms with Crippen LogP contribution in [0.1, 0.15) is 11.1 Å². The Morgan fingerprint density at radius 2 is 1.54 bits per heavy atom. The van der Waals surface area contributed by atoms with E-state index in [4.69, 9.17) is 4.74 Å². The van der Waals surface area contributed by atoms with E-state index in [0.29, 0.717) is 29.7 Å². The predicted molar refractivity (Wildman–Crippen MR) is 97.2 cm³/mol. The molecule has 0 radical (unpaired) electrons. The van der Waals surface area contributed by atoms with E-state index in [1.807, 2.05) is 24.3 Å². The van der Waals surface area contributed by atoms with Gasteiger partial charge < -0.3 is 9.84 Å². The minimum Gasteiger partial charge on any atom is -0.507 e. The van der Waals surface area contributed by atoms with Gasteiger partial charge in [-0.1, -0.05) is 30.9 Å². The molecule has 0 aliphatic heterocycles. The molecule has 1 N–H and O–H groups in total. The molecule has 0 heterocycles. The Labute approximate surface area is 142 Å². The van der Waals surface area contributed by atoms with Crippen LogP contribution in [0, 0.1) is 0 Å². The molecular formula is C21H20O3. The van der Waals surface area contributed by atoms with Gasteiger partial charge in [0.15, 0.2) is 0 Å². The van der Waals surface area contributed by atoms with Crippen molar-refractivity contribution in [1.29, 1.82) is 0 Å². The summed E-state index contributed by atoms with van der Waals surface area (Å²) in [7, 11) is 0. The van der Waals surface area contributed by atoms with Gasteiger partial charge in [0.05, 0.1) is 0 Å². The van der Waals surface area contributed by atoms with Crippen molar-refractivity contribution < 1.29 is 14.6 Å². The van der Waals surface area contributed by atoms with Gasteiger partial charge in [0.25, 0.3) is 0 Å². The zero-order chi connectivity index (χ0) is 17.5. The number of phenolic OH excluding ortho intramolecular Hbond substituents is 1. The maximum absolute atomic E-state index is 11.6. The Kier molecular flexibility index (Phi) is 5.74. The highest BCUT2D eigenvalue weighted by atomic mass is 16.5. The number of allylic oxidation sites excluding steroid dienone is 2. The molecule has 0 atom stereocenters. The van der Waals surface area contributed by atoms with Gasteiger partial charge >= 0.3 is 5.97 Å². The van der Waals surface area contributed by atoms with Crippen LogP contribution < -0.4 is 4.74 Å². The largest absolute Gasteiger partial charge is 0.507 e. The summed E-state index contributed by atoms with van der Waals surface area (Å²) >= 11 is 0. The summed E-state index contributed by atoms with van der Waals surface area (Å²) in [5.41, 5.74) is 3.26. The number of esters is 1. The van der Waals surface area contributed by atoms with E-state index in [1.54, 1.807) is 24.3 Å². The van der Waals surface area contributed by atoms with Gasteiger partial charge in [-0.25, -0.2) is 4.79 Å². The first-order chi connectivity index (χ1) is 11.6. The van der Waals surface area contributed by atoms with Crippen LogP contribution in [-0.4, -0.2) is 11.1 Å². The van der Waals surface area contributed by atoms with Crippen LogP contribution in [0.2, 0.25) is 0 Å². The molecule has 0 unspecified atom stereocenters. The van der Waals surface area contributed by atoms with Gasteiger partial charge in [-0.2, -0.15) is 0 Å². The second-order valence-corrected chi connectivity index (χ2v) is 5.29. The van der Waals surface area contributed by atoms with E-state index in [-0.39, 0.29) is 5.75 Å². The van der Waals surface area contributed by atoms with Crippen LogP contribution in [0.4, 0.5) is 0 Å². The molecule has 0 bridgehead atoms. The summed E-state index contributed by atoms with van der Waals surface area (Å²) in [6, 6.07) is 10.8. The van der Waals surface area contributed by atoms with Crippen LogP contribution in [0.3, 0.4) is 0 Å². The lowest BCUT2D eigenvalue weighted by Gasteiger charge is -2.13. The molecule has 0 spiro atoms. The van der Waals surface area contributed by atoms with Gasteiger partial charge in [0.1, 0.15) is 11.5 Å². The Morgan fingerprint density at radius 1 is 0.958 bits per heavy atom. The lowest BCUT2D eigenvalue weighted by molar-refractivity contribution is -0.128. The third-order valence-electron chi connectivity index (χ3n) is 3.53. The van der Waals surface area contributed by atoms with E-state index in [2.05, 4.69) is 19.7 Å². The quantitative estimate of drug-likeness (QED) is 0.351. The Morgan fingerprint density at radius 3 is 2.12 bits per heavy atom. The molecule has 0 saturated carbocycles. The Hall–Kier alpha value is -3.07. The van der Waals surface area contributed by atoms with E-state index in [1.165, 1.54) is 0 Å². The third-order valence-corrected chi connectivity index (χ3v) is 3.53. The molecule has 3 heteroatoms. The normalized spacial score (nSPS) is 10.0. The number of benzene rings is 2. The Balaban J connectivity index is 2.60. The smallest absolute Gasteiger partial charge is 0.335 e. The molecule has 3 nitrogen and oxygen atoms in total. The molecule has 122 valence electrons. The van der Waals surface area contributed by atoms with Crippen LogP contribution >= 0.6 is 0 Å². The van der Waals surface area contributed by atoms with Crippen LogP contribution in [0.5, 0.6) is 11.5 Å². The first-order valence-corrected chi connectivity index (χ1v) is 7.60. The average molecular weight is 320 g/mol. The number of hydrogen-bond donors (Lipinski definition) is 1. The van der Waals surface area contributed by atoms with Gasteiger partial charge in [-0.05, 0) is 48.2 Å². The average Bonchev–Trinajstić information content (AvgIpc) is 2.58. The molecule has 0 saturated heterocycles. The highest BCUT2D eigenvalue weighted by Gasteiger charge is 2.14. The van der Waals surface area contributed by atoms with E-state index < -0.39 is 5.97 Å². The molecular weight excluding hydrogens is 300 g/mol. The fourth-order valence-corrected chi connectivity index (χ4v) is 2.41. The van der Waals surface area contributed by atoms with Crippen molar-refractivity contribution in [2.24, 2.45) is 0 Å². The van der Waals surface area contributed by atoms with E-state index >= 15 is 0 Å². The van der Waals surface area contributed by atoms with Crippen LogP contribution in [-0.2, 0) is 17.6 Å². The molecule has 0 fully saturated rings. The topological polar surface area (TPSA) is 46.5 Å². The molecule has 2 aromatic carbocycles. The zero-order valence-electron chi connectivity index (χ0n) is 13.5. The highest BCUT2D eigenvalue weighted by molar-refractivity contribution is 5.86. The number of aromatic hydroxyl groups is 1. The Bertz CT molecular complexity index is 788. The van der Waals surface area contributed by atoms with Gasteiger partial charge in [-0.3, -0.25) is 0 Å². The van der Waals surface area contributed by atoms with Crippen molar-refractivity contribution >= 4 is 5.97 Å². The number of phenols is 1. The summed E-state index contributed by atoms with van der Waals surface area (Å²) in [6.45, 7) is 10.9. The maximum atomic E-state index is 11.6. The second kappa shape index (κ2) is 7.97. The maximum Gasteiger partial charge on any atom is 0.335 e. The SMILES string of the molecule is C=CCc1ccc(O)c(-c2cc(CC=C)ccc2OC(=O)C=C)c1. The van der Waals surface area contributed by atoms with Crippen molar-refractivity contribution in [1.82, 2.24) is 0 Å². The lowest BCUT2D eigenvalue weighted by Crippen LogP contribution is -2.04. The second-order valence-electron chi connectivity index (χ2n) is 5.29. The minimum atomic E-state index is -0.547. The number of carbonyl (C=O) groups is 1. The fourth-order valence-electron chi connectivity index (χ4n) is 2.41. The van der Waals surface area contributed by atoms with Gasteiger partial charge in [0.2, 0.25) is 0 Å². The molecule has 24 heavy (non-hydrogen) atoms. The van der Waals surface area contributed by atoms with Crippen molar-refractivity contribution in [3.05, 3.63) is 85.5 Å². The van der Waals surface area contributed by atoms with Crippen molar-refractivity contribution in [3.63, 3.8) is 0 Å². The summed E-state index contributed by atoms with van der Waals surface area (Å²) in [4.78, 5) is 11.6. The number of ether oxygens (including phenoxy) is 1. The molecule has 0 amide bonds. The van der Waals surface area contributed by atoms with Crippen LogP contribution in [0.15, 0.2) is 74.4 Å². The zero-order valence-corrected chi connectivity index (χ0v) is 13.5. The van der Waals surface area contributed by atoms with Gasteiger partial charge in [-0.15, -0.1) is 13.2 Å². The molecule has 0 aromatic heterocycles. The predicted octanol–water partition coefficient (Wildman–Crippen LogP) is 4.61. The summed E-state index contributed by atoms with van der Waals surface area (Å²) < 4.78 is 5.32. The molecule has 2 aromatic rings. The molecule has 0 aliphatic carbocycles. The van der Waals surface area contributed by atoms with E-state index in [0.717, 1.165) is 17.2 Å². The first-order valence-electron chi connectivity index (χ1n) is 7.60. The summed E-state index contributed by atoms with van der Waals surface area (Å²) in [5, 5.41) is 10.3. The monoisotopic (exact) mass is 320 g/mol. The van der Waals surface area contributed by atoms with E-state index in [9.17, 15) is 9.90 Å². The van der Waals surface area contributed by atoms with Gasteiger partial charge in [0, 0.05) is 17.2 Å². The van der Waals surface area contributed by atoms with Crippen molar-refractivity contribution in [3.8, 4) is 22.6 Å². The molecule has 2 rings (SSSR count). The fraction of sp³-hybridized carbons (Fsp3) is 0.0952. The number of rotatable bonds is 7. The third kappa shape index (κ3) is 4.02. The minimum absolute atomic E-state index is 0.120. The van der Waals surface area contributed by atoms with Crippen LogP contribution in [0.25, 0.3) is 11.1 Å². The first kappa shape index (κ1) is 17.3.